The molecule has 1 aliphatic heterocycles. The maximum absolute atomic E-state index is 12.1. The summed E-state index contributed by atoms with van der Waals surface area (Å²) in [6.45, 7) is 2.38. The Bertz CT molecular complexity index is 741. The van der Waals surface area contributed by atoms with Gasteiger partial charge in [-0.1, -0.05) is 12.1 Å². The van der Waals surface area contributed by atoms with Crippen LogP contribution in [0.4, 0.5) is 5.69 Å². The predicted molar refractivity (Wildman–Crippen MR) is 90.8 cm³/mol. The van der Waals surface area contributed by atoms with Crippen LogP contribution in [0.3, 0.4) is 0 Å². The van der Waals surface area contributed by atoms with Gasteiger partial charge in [0.05, 0.1) is 17.9 Å². The van der Waals surface area contributed by atoms with Crippen molar-refractivity contribution >= 4 is 17.6 Å². The number of nitrogens with two attached hydrogens (primary N) is 1. The van der Waals surface area contributed by atoms with Crippen LogP contribution >= 0.6 is 0 Å². The molecule has 0 fully saturated rings. The summed E-state index contributed by atoms with van der Waals surface area (Å²) in [6, 6.07) is 8.12. The molecule has 1 aromatic carbocycles. The number of hydrogen-bond donors (Lipinski definition) is 2. The number of aliphatic imine (C=N–C) groups is 1. The van der Waals surface area contributed by atoms with Crippen LogP contribution in [0, 0.1) is 6.92 Å². The smallest absolute Gasteiger partial charge is 0.282 e. The van der Waals surface area contributed by atoms with Crippen molar-refractivity contribution in [3.8, 4) is 0 Å². The lowest BCUT2D eigenvalue weighted by Gasteiger charge is -2.07. The Balaban J connectivity index is 1.54. The van der Waals surface area contributed by atoms with Gasteiger partial charge in [-0.15, -0.1) is 0 Å². The van der Waals surface area contributed by atoms with E-state index in [9.17, 15) is 4.79 Å². The molecule has 0 radical (unpaired) electrons. The van der Waals surface area contributed by atoms with Crippen LogP contribution in [0.1, 0.15) is 28.2 Å². The predicted octanol–water partition coefficient (Wildman–Crippen LogP) is 1.68. The molecule has 1 unspecified atom stereocenters. The van der Waals surface area contributed by atoms with Crippen molar-refractivity contribution in [1.82, 2.24) is 9.97 Å². The number of aromatic nitrogens is 2. The summed E-state index contributed by atoms with van der Waals surface area (Å²) < 4.78 is 5.14. The molecule has 1 aliphatic rings. The molecule has 1 aromatic heterocycles. The van der Waals surface area contributed by atoms with Crippen molar-refractivity contribution in [1.29, 1.82) is 0 Å². The van der Waals surface area contributed by atoms with Crippen molar-refractivity contribution in [2.45, 2.75) is 25.8 Å². The van der Waals surface area contributed by atoms with Crippen LogP contribution in [0.5, 0.6) is 0 Å². The molecule has 1 amide bonds. The summed E-state index contributed by atoms with van der Waals surface area (Å²) in [4.78, 5) is 24.4. The number of amidine groups is 1. The quantitative estimate of drug-likeness (QED) is 0.871. The van der Waals surface area contributed by atoms with Gasteiger partial charge in [0.2, 0.25) is 0 Å². The van der Waals surface area contributed by atoms with E-state index in [0.717, 1.165) is 24.2 Å². The molecule has 7 nitrogen and oxygen atoms in total. The van der Waals surface area contributed by atoms with Crippen molar-refractivity contribution in [2.24, 2.45) is 10.7 Å². The van der Waals surface area contributed by atoms with Crippen LogP contribution in [0.25, 0.3) is 0 Å². The Labute approximate surface area is 140 Å². The zero-order valence-electron chi connectivity index (χ0n) is 13.4. The largest absolute Gasteiger partial charge is 0.463 e. The van der Waals surface area contributed by atoms with Crippen LogP contribution in [-0.4, -0.2) is 34.5 Å². The fourth-order valence-electron chi connectivity index (χ4n) is 2.38. The van der Waals surface area contributed by atoms with Gasteiger partial charge in [-0.2, -0.15) is 0 Å². The highest BCUT2D eigenvalue weighted by atomic mass is 16.5. The molecule has 124 valence electrons. The summed E-state index contributed by atoms with van der Waals surface area (Å²) in [5.74, 6) is -0.275. The fraction of sp³-hybridized carbons (Fsp3) is 0.294. The minimum Gasteiger partial charge on any atom is -0.463 e. The van der Waals surface area contributed by atoms with Crippen LogP contribution in [0.15, 0.2) is 41.7 Å². The van der Waals surface area contributed by atoms with Gasteiger partial charge < -0.3 is 15.8 Å². The fourth-order valence-corrected chi connectivity index (χ4v) is 2.38. The van der Waals surface area contributed by atoms with Gasteiger partial charge in [0, 0.05) is 11.9 Å². The van der Waals surface area contributed by atoms with Crippen molar-refractivity contribution in [2.75, 3.05) is 11.9 Å². The number of ether oxygens (including phenoxy) is 1. The summed E-state index contributed by atoms with van der Waals surface area (Å²) in [5, 5.41) is 2.81. The third kappa shape index (κ3) is 4.07. The maximum Gasteiger partial charge on any atom is 0.282 e. The number of carbonyl (C=O) groups is 1. The highest BCUT2D eigenvalue weighted by molar-refractivity contribution is 6.02. The Morgan fingerprint density at radius 1 is 1.29 bits per heavy atom. The van der Waals surface area contributed by atoms with Crippen molar-refractivity contribution in [3.63, 3.8) is 0 Å². The highest BCUT2D eigenvalue weighted by Crippen LogP contribution is 2.15. The molecular formula is C17H19N5O2. The van der Waals surface area contributed by atoms with E-state index in [1.54, 1.807) is 6.20 Å². The molecule has 0 aliphatic carbocycles. The molecule has 0 spiro atoms. The second-order valence-corrected chi connectivity index (χ2v) is 5.66. The number of anilines is 1. The highest BCUT2D eigenvalue weighted by Gasteiger charge is 2.16. The van der Waals surface area contributed by atoms with Crippen molar-refractivity contribution < 1.29 is 9.53 Å². The zero-order chi connectivity index (χ0) is 16.9. The van der Waals surface area contributed by atoms with E-state index in [0.29, 0.717) is 12.3 Å². The van der Waals surface area contributed by atoms with E-state index >= 15 is 0 Å². The third-order valence-corrected chi connectivity index (χ3v) is 3.73. The number of rotatable bonds is 5. The second kappa shape index (κ2) is 7.08. The van der Waals surface area contributed by atoms with Gasteiger partial charge in [0.25, 0.3) is 11.9 Å². The van der Waals surface area contributed by atoms with E-state index < -0.39 is 0 Å². The summed E-state index contributed by atoms with van der Waals surface area (Å²) in [5.41, 5.74) is 8.45. The molecule has 3 N–H and O–H groups in total. The standard InChI is InChI=1S/C17H19N5O2/c1-11-8-20-15(9-19-11)16(23)21-13-5-2-12(3-6-13)4-7-14-10-24-17(18)22-14/h2-3,5-6,8-9,14H,4,7,10H2,1H3,(H2,18,22)(H,21,23). The first-order valence-electron chi connectivity index (χ1n) is 7.75. The van der Waals surface area contributed by atoms with Crippen molar-refractivity contribution in [3.05, 3.63) is 53.6 Å². The maximum atomic E-state index is 12.1. The lowest BCUT2D eigenvalue weighted by atomic mass is 10.1. The average molecular weight is 325 g/mol. The molecule has 24 heavy (non-hydrogen) atoms. The first kappa shape index (κ1) is 15.9. The molecule has 1 atom stereocenters. The summed E-state index contributed by atoms with van der Waals surface area (Å²) >= 11 is 0. The monoisotopic (exact) mass is 325 g/mol. The minimum absolute atomic E-state index is 0.129. The van der Waals surface area contributed by atoms with Gasteiger partial charge in [-0.05, 0) is 37.5 Å². The van der Waals surface area contributed by atoms with Gasteiger partial charge in [0.15, 0.2) is 0 Å². The normalized spacial score (nSPS) is 16.4. The van der Waals surface area contributed by atoms with E-state index in [2.05, 4.69) is 20.3 Å². The van der Waals surface area contributed by atoms with Gasteiger partial charge in [-0.25, -0.2) is 9.98 Å². The van der Waals surface area contributed by atoms with E-state index in [-0.39, 0.29) is 18.0 Å². The summed E-state index contributed by atoms with van der Waals surface area (Å²) in [6.07, 6.45) is 4.79. The number of aryl methyl sites for hydroxylation is 2. The average Bonchev–Trinajstić information content (AvgIpc) is 3.00. The number of nitrogens with one attached hydrogen (secondary N) is 1. The first-order chi connectivity index (χ1) is 11.6. The number of amides is 1. The summed E-state index contributed by atoms with van der Waals surface area (Å²) in [7, 11) is 0. The third-order valence-electron chi connectivity index (χ3n) is 3.73. The second-order valence-electron chi connectivity index (χ2n) is 5.66. The number of hydrogen-bond acceptors (Lipinski definition) is 6. The molecule has 2 heterocycles. The van der Waals surface area contributed by atoms with Gasteiger partial charge in [0.1, 0.15) is 12.3 Å². The lowest BCUT2D eigenvalue weighted by Crippen LogP contribution is -2.14. The molecule has 0 saturated carbocycles. The SMILES string of the molecule is Cc1cnc(C(=O)Nc2ccc(CCC3COC(N)=N3)cc2)cn1. The van der Waals surface area contributed by atoms with E-state index in [4.69, 9.17) is 10.5 Å². The lowest BCUT2D eigenvalue weighted by molar-refractivity contribution is 0.102. The molecule has 3 rings (SSSR count). The first-order valence-corrected chi connectivity index (χ1v) is 7.75. The Morgan fingerprint density at radius 2 is 2.08 bits per heavy atom. The van der Waals surface area contributed by atoms with Gasteiger partial charge >= 0.3 is 0 Å². The Hall–Kier alpha value is -2.96. The number of nitrogens with zero attached hydrogens (tertiary/aromatic N) is 3. The molecule has 0 bridgehead atoms. The number of benzene rings is 1. The van der Waals surface area contributed by atoms with Crippen LogP contribution in [-0.2, 0) is 11.2 Å². The molecule has 2 aromatic rings. The van der Waals surface area contributed by atoms with E-state index in [1.807, 2.05) is 31.2 Å². The number of carbonyl (C=O) groups excluding carboxylic acids is 1. The van der Waals surface area contributed by atoms with Gasteiger partial charge in [-0.3, -0.25) is 9.78 Å². The van der Waals surface area contributed by atoms with E-state index in [1.165, 1.54) is 11.8 Å². The topological polar surface area (TPSA) is 102 Å². The molecular weight excluding hydrogens is 306 g/mol. The minimum atomic E-state index is -0.275. The molecule has 0 saturated heterocycles. The Morgan fingerprint density at radius 3 is 2.71 bits per heavy atom. The Kier molecular flexibility index (Phi) is 4.69. The van der Waals surface area contributed by atoms with Crippen LogP contribution in [0.2, 0.25) is 0 Å². The molecule has 7 heteroatoms. The van der Waals surface area contributed by atoms with Crippen LogP contribution < -0.4 is 11.1 Å². The zero-order valence-corrected chi connectivity index (χ0v) is 13.4.